The van der Waals surface area contributed by atoms with Crippen LogP contribution in [0.5, 0.6) is 0 Å². The van der Waals surface area contributed by atoms with E-state index in [1.165, 1.54) is 11.8 Å². The van der Waals surface area contributed by atoms with Crippen LogP contribution in [-0.4, -0.2) is 33.0 Å². The molecule has 0 bridgehead atoms. The lowest BCUT2D eigenvalue weighted by atomic mass is 9.87. The lowest BCUT2D eigenvalue weighted by Crippen LogP contribution is -2.49. The Labute approximate surface area is 182 Å². The average Bonchev–Trinajstić information content (AvgIpc) is 3.03. The summed E-state index contributed by atoms with van der Waals surface area (Å²) in [6.45, 7) is 1.82. The average molecular weight is 441 g/mol. The van der Waals surface area contributed by atoms with Crippen LogP contribution in [-0.2, 0) is 20.9 Å². The van der Waals surface area contributed by atoms with Crippen LogP contribution in [0.25, 0.3) is 0 Å². The molecule has 1 saturated heterocycles. The first-order valence-electron chi connectivity index (χ1n) is 9.47. The third-order valence-electron chi connectivity index (χ3n) is 5.01. The van der Waals surface area contributed by atoms with Gasteiger partial charge in [-0.2, -0.15) is 5.01 Å². The number of carbonyl (C=O) groups is 3. The third-order valence-corrected chi connectivity index (χ3v) is 7.25. The molecule has 2 aliphatic heterocycles. The molecule has 0 spiro atoms. The lowest BCUT2D eigenvalue weighted by molar-refractivity contribution is -0.138. The Morgan fingerprint density at radius 3 is 2.70 bits per heavy atom. The van der Waals surface area contributed by atoms with Gasteiger partial charge in [0.1, 0.15) is 9.91 Å². The summed E-state index contributed by atoms with van der Waals surface area (Å²) in [5.41, 5.74) is 4.02. The van der Waals surface area contributed by atoms with Gasteiger partial charge in [-0.05, 0) is 23.6 Å². The maximum Gasteiger partial charge on any atom is 0.344 e. The number of para-hydroxylation sites is 1. The molecule has 30 heavy (non-hydrogen) atoms. The molecule has 2 aromatic rings. The molecular formula is C21H20N4O3S2. The summed E-state index contributed by atoms with van der Waals surface area (Å²) in [6.07, 6.45) is 0.371. The van der Waals surface area contributed by atoms with Crippen molar-refractivity contribution in [3.05, 3.63) is 65.7 Å². The highest BCUT2D eigenvalue weighted by Crippen LogP contribution is 2.34. The molecule has 0 aliphatic carbocycles. The van der Waals surface area contributed by atoms with Crippen molar-refractivity contribution in [2.75, 3.05) is 5.75 Å². The molecule has 2 aromatic carbocycles. The minimum atomic E-state index is -1.17. The van der Waals surface area contributed by atoms with E-state index in [2.05, 4.69) is 15.7 Å². The Bertz CT molecular complexity index is 1030. The molecule has 0 radical (unpaired) electrons. The molecule has 7 nitrogen and oxygen atoms in total. The summed E-state index contributed by atoms with van der Waals surface area (Å²) in [7, 11) is 0. The third kappa shape index (κ3) is 3.82. The second-order valence-corrected chi connectivity index (χ2v) is 9.00. The van der Waals surface area contributed by atoms with E-state index < -0.39 is 23.4 Å². The predicted molar refractivity (Wildman–Crippen MR) is 119 cm³/mol. The molecule has 1 fully saturated rings. The summed E-state index contributed by atoms with van der Waals surface area (Å²) in [5.74, 6) is -0.0779. The Morgan fingerprint density at radius 2 is 1.93 bits per heavy atom. The van der Waals surface area contributed by atoms with E-state index in [-0.39, 0.29) is 5.75 Å². The molecule has 2 N–H and O–H groups in total. The number of benzene rings is 2. The molecule has 0 aromatic heterocycles. The highest BCUT2D eigenvalue weighted by Gasteiger charge is 2.52. The fourth-order valence-electron chi connectivity index (χ4n) is 3.41. The van der Waals surface area contributed by atoms with E-state index in [1.807, 2.05) is 49.4 Å². The normalized spacial score (nSPS) is 20.4. The van der Waals surface area contributed by atoms with Gasteiger partial charge in [-0.3, -0.25) is 15.0 Å². The molecule has 1 unspecified atom stereocenters. The van der Waals surface area contributed by atoms with Gasteiger partial charge in [-0.1, -0.05) is 79.0 Å². The zero-order valence-corrected chi connectivity index (χ0v) is 17.9. The molecule has 0 saturated carbocycles. The summed E-state index contributed by atoms with van der Waals surface area (Å²) in [5, 5.41) is 3.53. The van der Waals surface area contributed by atoms with Gasteiger partial charge in [0.15, 0.2) is 0 Å². The topological polar surface area (TPSA) is 90.9 Å². The molecule has 4 amide bonds. The summed E-state index contributed by atoms with van der Waals surface area (Å²) >= 11 is 2.85. The monoisotopic (exact) mass is 440 g/mol. The van der Waals surface area contributed by atoms with Crippen LogP contribution in [0.15, 0.2) is 59.6 Å². The van der Waals surface area contributed by atoms with E-state index in [9.17, 15) is 14.4 Å². The number of amides is 4. The van der Waals surface area contributed by atoms with Gasteiger partial charge in [0.25, 0.3) is 5.91 Å². The summed E-state index contributed by atoms with van der Waals surface area (Å²) < 4.78 is 0.785. The maximum atomic E-state index is 13.0. The van der Waals surface area contributed by atoms with Crippen LogP contribution in [0, 0.1) is 0 Å². The zero-order chi connectivity index (χ0) is 21.1. The number of carbonyl (C=O) groups excluding carboxylic acids is 3. The second-order valence-electron chi connectivity index (χ2n) is 6.81. The van der Waals surface area contributed by atoms with E-state index in [1.54, 1.807) is 23.9 Å². The van der Waals surface area contributed by atoms with Crippen LogP contribution in [0.2, 0.25) is 0 Å². The van der Waals surface area contributed by atoms with Crippen LogP contribution >= 0.6 is 23.5 Å². The first kappa shape index (κ1) is 20.5. The number of hydrogen-bond donors (Lipinski definition) is 2. The fraction of sp³-hybridized carbons (Fsp3) is 0.238. The molecule has 9 heteroatoms. The Balaban J connectivity index is 1.41. The lowest BCUT2D eigenvalue weighted by Gasteiger charge is -2.25. The van der Waals surface area contributed by atoms with Crippen molar-refractivity contribution < 1.29 is 14.4 Å². The number of fused-ring (bicyclic) bond motifs is 1. The Kier molecular flexibility index (Phi) is 5.83. The number of hydrazine groups is 1. The van der Waals surface area contributed by atoms with Crippen molar-refractivity contribution >= 4 is 51.4 Å². The second kappa shape index (κ2) is 8.53. The van der Waals surface area contributed by atoms with E-state index in [0.29, 0.717) is 12.0 Å². The Morgan fingerprint density at radius 1 is 1.20 bits per heavy atom. The molecule has 2 aliphatic rings. The number of nitrogens with one attached hydrogen (secondary N) is 2. The highest BCUT2D eigenvalue weighted by molar-refractivity contribution is 8.38. The molecule has 4 rings (SSSR count). The van der Waals surface area contributed by atoms with Crippen molar-refractivity contribution in [1.82, 2.24) is 15.8 Å². The number of aliphatic imine (C=N–C) groups is 1. The van der Waals surface area contributed by atoms with Gasteiger partial charge in [0.05, 0.1) is 11.4 Å². The molecule has 1 atom stereocenters. The van der Waals surface area contributed by atoms with Crippen LogP contribution < -0.4 is 10.7 Å². The minimum Gasteiger partial charge on any atom is -0.318 e. The maximum absolute atomic E-state index is 13.0. The van der Waals surface area contributed by atoms with E-state index >= 15 is 0 Å². The molecule has 2 heterocycles. The standard InChI is InChI=1S/C21H20N4O3S2/c1-2-21(15-9-4-3-5-10-15)18(27)25(19(28)23-21)24-17(26)13-30-20-22-16-11-7-6-8-14(16)12-29-20/h3-11H,2,12-13H2,1H3,(H,23,28)(H,24,26). The van der Waals surface area contributed by atoms with Gasteiger partial charge in [-0.25, -0.2) is 9.79 Å². The van der Waals surface area contributed by atoms with Crippen molar-refractivity contribution in [1.29, 1.82) is 0 Å². The molecule has 154 valence electrons. The zero-order valence-electron chi connectivity index (χ0n) is 16.3. The van der Waals surface area contributed by atoms with Gasteiger partial charge in [0.2, 0.25) is 5.91 Å². The van der Waals surface area contributed by atoms with E-state index in [4.69, 9.17) is 0 Å². The quantitative estimate of drug-likeness (QED) is 0.694. The van der Waals surface area contributed by atoms with Gasteiger partial charge in [0, 0.05) is 5.75 Å². The van der Waals surface area contributed by atoms with Crippen molar-refractivity contribution in [3.63, 3.8) is 0 Å². The van der Waals surface area contributed by atoms with Gasteiger partial charge in [-0.15, -0.1) is 0 Å². The first-order valence-corrected chi connectivity index (χ1v) is 11.4. The number of imide groups is 1. The summed E-state index contributed by atoms with van der Waals surface area (Å²) in [6, 6.07) is 16.3. The van der Waals surface area contributed by atoms with Crippen LogP contribution in [0.4, 0.5) is 10.5 Å². The number of urea groups is 1. The highest BCUT2D eigenvalue weighted by atomic mass is 32.2. The van der Waals surface area contributed by atoms with Crippen LogP contribution in [0.3, 0.4) is 0 Å². The SMILES string of the molecule is CCC1(c2ccccc2)NC(=O)N(NC(=O)CSC2=Nc3ccccc3CS2)C1=O. The Hall–Kier alpha value is -2.78. The van der Waals surface area contributed by atoms with Gasteiger partial charge < -0.3 is 5.32 Å². The number of nitrogens with zero attached hydrogens (tertiary/aromatic N) is 2. The molecular weight excluding hydrogens is 420 g/mol. The first-order chi connectivity index (χ1) is 14.5. The number of hydrogen-bond acceptors (Lipinski definition) is 6. The number of thioether (sulfide) groups is 2. The van der Waals surface area contributed by atoms with Gasteiger partial charge >= 0.3 is 6.03 Å². The largest absolute Gasteiger partial charge is 0.344 e. The van der Waals surface area contributed by atoms with E-state index in [0.717, 1.165) is 26.4 Å². The van der Waals surface area contributed by atoms with Crippen molar-refractivity contribution in [3.8, 4) is 0 Å². The van der Waals surface area contributed by atoms with Crippen molar-refractivity contribution in [2.45, 2.75) is 24.6 Å². The number of rotatable bonds is 5. The van der Waals surface area contributed by atoms with Crippen LogP contribution in [0.1, 0.15) is 24.5 Å². The van der Waals surface area contributed by atoms with Crippen molar-refractivity contribution in [2.24, 2.45) is 4.99 Å². The fourth-order valence-corrected chi connectivity index (χ4v) is 5.26. The smallest absolute Gasteiger partial charge is 0.318 e. The minimum absolute atomic E-state index is 0.0511. The predicted octanol–water partition coefficient (Wildman–Crippen LogP) is 3.54. The summed E-state index contributed by atoms with van der Waals surface area (Å²) in [4.78, 5) is 42.5.